The number of rotatable bonds is 13. The zero-order valence-corrected chi connectivity index (χ0v) is 23.5. The number of aromatic hydroxyl groups is 2. The minimum Gasteiger partial charge on any atom is -0.508 e. The van der Waals surface area contributed by atoms with Crippen LogP contribution in [-0.4, -0.2) is 64.8 Å². The highest BCUT2D eigenvalue weighted by Gasteiger charge is 2.23. The summed E-state index contributed by atoms with van der Waals surface area (Å²) in [5.74, 6) is 0.593. The van der Waals surface area contributed by atoms with Crippen LogP contribution in [0.1, 0.15) is 62.5 Å². The van der Waals surface area contributed by atoms with Gasteiger partial charge in [0, 0.05) is 32.1 Å². The molecule has 1 fully saturated rings. The standard InChI is InChI=1S/C30H42N4O4S/c35-25-10-6-7-22(21-25)13-16-31-18-15-27(37)34(24-8-4-2-1-3-5-9-24)20-19-32-17-14-23-11-12-26(36)28-29(23)39-30(38)33-28/h6-7,10-12,21,24,31-32,35-36H,1-5,8-9,13-20H2,(H,33,38). The third-order valence-electron chi connectivity index (χ3n) is 7.59. The molecule has 39 heavy (non-hydrogen) atoms. The molecule has 0 radical (unpaired) electrons. The van der Waals surface area contributed by atoms with E-state index in [0.717, 1.165) is 72.5 Å². The van der Waals surface area contributed by atoms with Gasteiger partial charge in [-0.25, -0.2) is 0 Å². The van der Waals surface area contributed by atoms with Crippen LogP contribution in [0.3, 0.4) is 0 Å². The van der Waals surface area contributed by atoms with Gasteiger partial charge in [0.1, 0.15) is 17.0 Å². The van der Waals surface area contributed by atoms with E-state index >= 15 is 0 Å². The smallest absolute Gasteiger partial charge is 0.305 e. The summed E-state index contributed by atoms with van der Waals surface area (Å²) < 4.78 is 0.810. The Hall–Kier alpha value is -2.88. The summed E-state index contributed by atoms with van der Waals surface area (Å²) >= 11 is 1.13. The first-order valence-electron chi connectivity index (χ1n) is 14.3. The quantitative estimate of drug-likeness (QED) is 0.201. The normalized spacial score (nSPS) is 14.8. The summed E-state index contributed by atoms with van der Waals surface area (Å²) in [4.78, 5) is 29.8. The summed E-state index contributed by atoms with van der Waals surface area (Å²) in [5.41, 5.74) is 2.62. The first-order valence-corrected chi connectivity index (χ1v) is 15.2. The molecule has 8 nitrogen and oxygen atoms in total. The van der Waals surface area contributed by atoms with Gasteiger partial charge in [-0.15, -0.1) is 0 Å². The van der Waals surface area contributed by atoms with Gasteiger partial charge in [0.05, 0.1) is 4.70 Å². The van der Waals surface area contributed by atoms with Gasteiger partial charge in [0.15, 0.2) is 0 Å². The van der Waals surface area contributed by atoms with Crippen molar-refractivity contribution in [1.82, 2.24) is 20.5 Å². The number of fused-ring (bicyclic) bond motifs is 1. The molecule has 9 heteroatoms. The minimum atomic E-state index is -0.164. The number of aromatic amines is 1. The molecule has 2 aromatic carbocycles. The van der Waals surface area contributed by atoms with Crippen LogP contribution < -0.4 is 15.5 Å². The van der Waals surface area contributed by atoms with Crippen LogP contribution in [0.25, 0.3) is 10.2 Å². The van der Waals surface area contributed by atoms with Crippen LogP contribution in [0.15, 0.2) is 41.2 Å². The Morgan fingerprint density at radius 1 is 0.949 bits per heavy atom. The van der Waals surface area contributed by atoms with Gasteiger partial charge in [-0.05, 0) is 68.1 Å². The zero-order chi connectivity index (χ0) is 27.5. The largest absolute Gasteiger partial charge is 0.508 e. The maximum Gasteiger partial charge on any atom is 0.305 e. The van der Waals surface area contributed by atoms with Crippen molar-refractivity contribution in [2.24, 2.45) is 0 Å². The fraction of sp³-hybridized carbons (Fsp3) is 0.533. The van der Waals surface area contributed by atoms with Crippen LogP contribution in [0.2, 0.25) is 0 Å². The molecular formula is C30H42N4O4S. The molecule has 0 saturated heterocycles. The number of hydrogen-bond donors (Lipinski definition) is 5. The molecule has 0 atom stereocenters. The number of phenols is 2. The Kier molecular flexibility index (Phi) is 11.2. The molecule has 1 heterocycles. The number of carbonyl (C=O) groups is 1. The molecule has 0 spiro atoms. The maximum absolute atomic E-state index is 13.4. The van der Waals surface area contributed by atoms with E-state index in [0.29, 0.717) is 31.1 Å². The van der Waals surface area contributed by atoms with Crippen molar-refractivity contribution in [3.8, 4) is 11.5 Å². The second-order valence-corrected chi connectivity index (χ2v) is 11.5. The molecule has 5 N–H and O–H groups in total. The molecule has 1 saturated carbocycles. The molecule has 4 rings (SSSR count). The lowest BCUT2D eigenvalue weighted by Crippen LogP contribution is -2.45. The molecule has 212 valence electrons. The van der Waals surface area contributed by atoms with E-state index in [1.165, 1.54) is 32.1 Å². The van der Waals surface area contributed by atoms with E-state index < -0.39 is 0 Å². The lowest BCUT2D eigenvalue weighted by molar-refractivity contribution is -0.133. The number of nitrogens with one attached hydrogen (secondary N) is 3. The van der Waals surface area contributed by atoms with Gasteiger partial charge < -0.3 is 30.7 Å². The predicted molar refractivity (Wildman–Crippen MR) is 158 cm³/mol. The number of phenolic OH excluding ortho intramolecular Hbond substituents is 2. The highest BCUT2D eigenvalue weighted by Crippen LogP contribution is 2.28. The second-order valence-electron chi connectivity index (χ2n) is 10.5. The van der Waals surface area contributed by atoms with Crippen molar-refractivity contribution in [1.29, 1.82) is 0 Å². The van der Waals surface area contributed by atoms with Crippen molar-refractivity contribution in [2.45, 2.75) is 70.3 Å². The number of hydrogen-bond acceptors (Lipinski definition) is 7. The van der Waals surface area contributed by atoms with Crippen molar-refractivity contribution >= 4 is 27.5 Å². The first-order chi connectivity index (χ1) is 19.0. The molecule has 0 bridgehead atoms. The molecule has 3 aromatic rings. The van der Waals surface area contributed by atoms with E-state index in [2.05, 4.69) is 20.5 Å². The van der Waals surface area contributed by atoms with E-state index in [-0.39, 0.29) is 22.3 Å². The number of amides is 1. The number of H-pyrrole nitrogens is 1. The lowest BCUT2D eigenvalue weighted by Gasteiger charge is -2.33. The van der Waals surface area contributed by atoms with Gasteiger partial charge >= 0.3 is 4.87 Å². The topological polar surface area (TPSA) is 118 Å². The van der Waals surface area contributed by atoms with Crippen LogP contribution in [0.5, 0.6) is 11.5 Å². The van der Waals surface area contributed by atoms with Gasteiger partial charge in [-0.2, -0.15) is 0 Å². The fourth-order valence-corrected chi connectivity index (χ4v) is 6.38. The van der Waals surface area contributed by atoms with Gasteiger partial charge in [-0.3, -0.25) is 9.59 Å². The summed E-state index contributed by atoms with van der Waals surface area (Å²) in [7, 11) is 0. The highest BCUT2D eigenvalue weighted by atomic mass is 32.1. The maximum atomic E-state index is 13.4. The molecule has 1 aliphatic rings. The van der Waals surface area contributed by atoms with Gasteiger partial charge in [-0.1, -0.05) is 61.6 Å². The van der Waals surface area contributed by atoms with E-state index in [1.807, 2.05) is 18.2 Å². The third-order valence-corrected chi connectivity index (χ3v) is 8.55. The van der Waals surface area contributed by atoms with Crippen molar-refractivity contribution < 1.29 is 15.0 Å². The van der Waals surface area contributed by atoms with Gasteiger partial charge in [0.25, 0.3) is 0 Å². The van der Waals surface area contributed by atoms with Crippen molar-refractivity contribution in [3.05, 3.63) is 57.2 Å². The summed E-state index contributed by atoms with van der Waals surface area (Å²) in [6.07, 6.45) is 10.3. The molecule has 0 unspecified atom stereocenters. The Bertz CT molecular complexity index is 1250. The van der Waals surface area contributed by atoms with E-state index in [1.54, 1.807) is 18.2 Å². The highest BCUT2D eigenvalue weighted by molar-refractivity contribution is 7.16. The Morgan fingerprint density at radius 2 is 1.69 bits per heavy atom. The van der Waals surface area contributed by atoms with Crippen LogP contribution in [-0.2, 0) is 17.6 Å². The molecule has 1 aliphatic carbocycles. The first kappa shape index (κ1) is 29.1. The Morgan fingerprint density at radius 3 is 2.49 bits per heavy atom. The van der Waals surface area contributed by atoms with Crippen molar-refractivity contribution in [2.75, 3.05) is 32.7 Å². The summed E-state index contributed by atoms with van der Waals surface area (Å²) in [5, 5.41) is 26.5. The average Bonchev–Trinajstić information content (AvgIpc) is 3.30. The van der Waals surface area contributed by atoms with Crippen molar-refractivity contribution in [3.63, 3.8) is 0 Å². The predicted octanol–water partition coefficient (Wildman–Crippen LogP) is 4.30. The molecule has 1 aromatic heterocycles. The van der Waals surface area contributed by atoms with Crippen LogP contribution >= 0.6 is 11.3 Å². The molecule has 0 aliphatic heterocycles. The number of benzene rings is 2. The molecular weight excluding hydrogens is 512 g/mol. The fourth-order valence-electron chi connectivity index (χ4n) is 5.48. The SMILES string of the molecule is O=C(CCNCCc1cccc(O)c1)N(CCNCCc1ccc(O)c2[nH]c(=O)sc12)C1CCCCCCC1. The number of aromatic nitrogens is 1. The number of thiazole rings is 1. The average molecular weight is 555 g/mol. The number of carbonyl (C=O) groups excluding carboxylic acids is 1. The monoisotopic (exact) mass is 554 g/mol. The number of nitrogens with zero attached hydrogens (tertiary/aromatic N) is 1. The Labute approximate surface area is 234 Å². The van der Waals surface area contributed by atoms with E-state index in [4.69, 9.17) is 0 Å². The van der Waals surface area contributed by atoms with Gasteiger partial charge in [0.2, 0.25) is 5.91 Å². The summed E-state index contributed by atoms with van der Waals surface area (Å²) in [6.45, 7) is 3.55. The summed E-state index contributed by atoms with van der Waals surface area (Å²) in [6, 6.07) is 11.1. The molecule has 1 amide bonds. The lowest BCUT2D eigenvalue weighted by atomic mass is 9.95. The minimum absolute atomic E-state index is 0.0993. The Balaban J connectivity index is 1.25. The van der Waals surface area contributed by atoms with E-state index in [9.17, 15) is 19.8 Å². The second kappa shape index (κ2) is 15.1. The zero-order valence-electron chi connectivity index (χ0n) is 22.7. The van der Waals surface area contributed by atoms with Crippen LogP contribution in [0.4, 0.5) is 0 Å². The van der Waals surface area contributed by atoms with Crippen LogP contribution in [0, 0.1) is 0 Å². The third kappa shape index (κ3) is 8.81.